The fourth-order valence-corrected chi connectivity index (χ4v) is 4.17. The number of hydrogen-bond acceptors (Lipinski definition) is 5. The van der Waals surface area contributed by atoms with Crippen molar-refractivity contribution in [1.82, 2.24) is 25.1 Å². The van der Waals surface area contributed by atoms with E-state index in [1.165, 1.54) is 16.3 Å². The molecule has 0 aliphatic rings. The third kappa shape index (κ3) is 3.11. The fraction of sp³-hybridized carbons (Fsp3) is 0.0476. The largest absolute Gasteiger partial charge is 0.327 e. The van der Waals surface area contributed by atoms with Gasteiger partial charge in [-0.2, -0.15) is 0 Å². The number of aromatic amines is 1. The number of hydrogen-bond donors (Lipinski definition) is 1. The second kappa shape index (κ2) is 6.74. The second-order valence-corrected chi connectivity index (χ2v) is 7.23. The van der Waals surface area contributed by atoms with E-state index in [0.717, 1.165) is 33.4 Å². The molecule has 0 atom stereocenters. The molecule has 0 bridgehead atoms. The summed E-state index contributed by atoms with van der Waals surface area (Å²) < 4.78 is 0. The molecule has 5 aromatic rings. The normalized spacial score (nSPS) is 11.1. The van der Waals surface area contributed by atoms with E-state index in [2.05, 4.69) is 62.6 Å². The Kier molecular flexibility index (Phi) is 3.95. The van der Waals surface area contributed by atoms with Gasteiger partial charge in [0.05, 0.1) is 10.6 Å². The Morgan fingerprint density at radius 1 is 0.926 bits per heavy atom. The highest BCUT2D eigenvalue weighted by Crippen LogP contribution is 2.34. The Bertz CT molecular complexity index is 1200. The van der Waals surface area contributed by atoms with Crippen molar-refractivity contribution < 1.29 is 0 Å². The Hall–Kier alpha value is -3.38. The van der Waals surface area contributed by atoms with Crippen molar-refractivity contribution in [2.75, 3.05) is 0 Å². The van der Waals surface area contributed by atoms with Crippen LogP contribution in [0.4, 0.5) is 0 Å². The zero-order valence-electron chi connectivity index (χ0n) is 14.3. The highest BCUT2D eigenvalue weighted by Gasteiger charge is 2.17. The Morgan fingerprint density at radius 2 is 1.78 bits per heavy atom. The maximum Gasteiger partial charge on any atom is 0.173 e. The number of nitrogens with one attached hydrogen (secondary N) is 1. The Labute approximate surface area is 159 Å². The van der Waals surface area contributed by atoms with Crippen LogP contribution in [-0.2, 0) is 6.42 Å². The van der Waals surface area contributed by atoms with Crippen molar-refractivity contribution in [2.24, 2.45) is 0 Å². The molecule has 2 aromatic carbocycles. The Balaban J connectivity index is 1.58. The van der Waals surface area contributed by atoms with Crippen molar-refractivity contribution in [3.8, 4) is 21.3 Å². The Morgan fingerprint density at radius 3 is 2.59 bits per heavy atom. The average Bonchev–Trinajstić information content (AvgIpc) is 3.38. The van der Waals surface area contributed by atoms with E-state index >= 15 is 0 Å². The minimum Gasteiger partial charge on any atom is -0.327 e. The molecule has 6 heteroatoms. The van der Waals surface area contributed by atoms with Crippen LogP contribution < -0.4 is 0 Å². The van der Waals surface area contributed by atoms with Crippen molar-refractivity contribution in [3.63, 3.8) is 0 Å². The number of nitrogens with zero attached hydrogens (tertiary/aromatic N) is 4. The van der Waals surface area contributed by atoms with Crippen molar-refractivity contribution in [1.29, 1.82) is 0 Å². The maximum atomic E-state index is 4.91. The van der Waals surface area contributed by atoms with E-state index < -0.39 is 0 Å². The third-order valence-corrected chi connectivity index (χ3v) is 5.60. The SMILES string of the molecule is c1ccc2cc(Cc3nc(-c4ccncc4)sc3-c3nnc[nH]3)ccc2c1. The van der Waals surface area contributed by atoms with Gasteiger partial charge in [-0.1, -0.05) is 42.5 Å². The standard InChI is InChI=1S/C21H15N5S/c1-2-4-17-11-14(5-6-15(17)3-1)12-18-19(20-23-13-24-26-20)27-21(25-18)16-7-9-22-10-8-16/h1-11,13H,12H2,(H,23,24,26). The molecule has 130 valence electrons. The molecular weight excluding hydrogens is 354 g/mol. The number of fused-ring (bicyclic) bond motifs is 1. The minimum atomic E-state index is 0.739. The summed E-state index contributed by atoms with van der Waals surface area (Å²) in [6.07, 6.45) is 5.91. The van der Waals surface area contributed by atoms with Gasteiger partial charge < -0.3 is 4.98 Å². The minimum absolute atomic E-state index is 0.739. The van der Waals surface area contributed by atoms with Gasteiger partial charge in [-0.3, -0.25) is 4.98 Å². The molecule has 0 amide bonds. The summed E-state index contributed by atoms with van der Waals surface area (Å²) >= 11 is 1.62. The predicted octanol–water partition coefficient (Wildman–Crippen LogP) is 4.73. The highest BCUT2D eigenvalue weighted by atomic mass is 32.1. The van der Waals surface area contributed by atoms with E-state index in [4.69, 9.17) is 4.98 Å². The summed E-state index contributed by atoms with van der Waals surface area (Å²) in [6, 6.07) is 18.9. The fourth-order valence-electron chi connectivity index (χ4n) is 3.13. The van der Waals surface area contributed by atoms with Gasteiger partial charge in [-0.25, -0.2) is 4.98 Å². The molecule has 0 fully saturated rings. The van der Waals surface area contributed by atoms with Crippen molar-refractivity contribution >= 4 is 22.1 Å². The van der Waals surface area contributed by atoms with Crippen LogP contribution in [0.15, 0.2) is 73.3 Å². The second-order valence-electron chi connectivity index (χ2n) is 6.23. The first kappa shape index (κ1) is 15.8. The van der Waals surface area contributed by atoms with Gasteiger partial charge in [-0.05, 0) is 28.5 Å². The molecule has 5 rings (SSSR count). The topological polar surface area (TPSA) is 67.3 Å². The van der Waals surface area contributed by atoms with Crippen LogP contribution in [0.5, 0.6) is 0 Å². The van der Waals surface area contributed by atoms with Crippen LogP contribution in [0.25, 0.3) is 32.0 Å². The molecule has 0 saturated carbocycles. The smallest absolute Gasteiger partial charge is 0.173 e. The maximum absolute atomic E-state index is 4.91. The van der Waals surface area contributed by atoms with Gasteiger partial charge in [0.1, 0.15) is 11.3 Å². The molecule has 27 heavy (non-hydrogen) atoms. The zero-order valence-corrected chi connectivity index (χ0v) is 15.1. The lowest BCUT2D eigenvalue weighted by Crippen LogP contribution is -1.92. The zero-order chi connectivity index (χ0) is 18.1. The predicted molar refractivity (Wildman–Crippen MR) is 107 cm³/mol. The number of rotatable bonds is 4. The summed E-state index contributed by atoms with van der Waals surface area (Å²) in [4.78, 5) is 13.1. The van der Waals surface area contributed by atoms with Crippen molar-refractivity contribution in [3.05, 3.63) is 84.6 Å². The number of benzene rings is 2. The summed E-state index contributed by atoms with van der Waals surface area (Å²) in [6.45, 7) is 0. The van der Waals surface area contributed by atoms with E-state index in [1.807, 2.05) is 12.1 Å². The lowest BCUT2D eigenvalue weighted by Gasteiger charge is -2.03. The molecule has 0 saturated heterocycles. The van der Waals surface area contributed by atoms with Crippen LogP contribution in [0.1, 0.15) is 11.3 Å². The van der Waals surface area contributed by atoms with E-state index in [0.29, 0.717) is 0 Å². The average molecular weight is 369 g/mol. The van der Waals surface area contributed by atoms with Crippen LogP contribution >= 0.6 is 11.3 Å². The lowest BCUT2D eigenvalue weighted by atomic mass is 10.0. The summed E-state index contributed by atoms with van der Waals surface area (Å²) in [7, 11) is 0. The molecule has 3 aromatic heterocycles. The highest BCUT2D eigenvalue weighted by molar-refractivity contribution is 7.18. The van der Waals surface area contributed by atoms with Gasteiger partial charge in [0.15, 0.2) is 5.82 Å². The van der Waals surface area contributed by atoms with Gasteiger partial charge in [0.2, 0.25) is 0 Å². The van der Waals surface area contributed by atoms with Gasteiger partial charge in [0, 0.05) is 24.4 Å². The van der Waals surface area contributed by atoms with Crippen LogP contribution in [-0.4, -0.2) is 25.1 Å². The lowest BCUT2D eigenvalue weighted by molar-refractivity contribution is 1.08. The first-order valence-electron chi connectivity index (χ1n) is 8.61. The summed E-state index contributed by atoms with van der Waals surface area (Å²) in [5.74, 6) is 0.753. The van der Waals surface area contributed by atoms with E-state index in [9.17, 15) is 0 Å². The van der Waals surface area contributed by atoms with Gasteiger partial charge in [-0.15, -0.1) is 21.5 Å². The third-order valence-electron chi connectivity index (χ3n) is 4.44. The monoisotopic (exact) mass is 369 g/mol. The molecule has 0 unspecified atom stereocenters. The van der Waals surface area contributed by atoms with Crippen LogP contribution in [0.3, 0.4) is 0 Å². The van der Waals surface area contributed by atoms with Crippen molar-refractivity contribution in [2.45, 2.75) is 6.42 Å². The number of H-pyrrole nitrogens is 1. The molecular formula is C21H15N5S. The number of aromatic nitrogens is 5. The quantitative estimate of drug-likeness (QED) is 0.497. The molecule has 0 radical (unpaired) electrons. The summed E-state index contributed by atoms with van der Waals surface area (Å²) in [5, 5.41) is 11.6. The molecule has 5 nitrogen and oxygen atoms in total. The van der Waals surface area contributed by atoms with Crippen LogP contribution in [0, 0.1) is 0 Å². The number of pyridine rings is 1. The number of thiazole rings is 1. The molecule has 0 aliphatic carbocycles. The van der Waals surface area contributed by atoms with E-state index in [-0.39, 0.29) is 0 Å². The molecule has 0 spiro atoms. The molecule has 1 N–H and O–H groups in total. The van der Waals surface area contributed by atoms with Crippen LogP contribution in [0.2, 0.25) is 0 Å². The molecule has 0 aliphatic heterocycles. The first-order chi connectivity index (χ1) is 13.4. The first-order valence-corrected chi connectivity index (χ1v) is 9.43. The molecule has 3 heterocycles. The summed E-state index contributed by atoms with van der Waals surface area (Å²) in [5.41, 5.74) is 3.28. The van der Waals surface area contributed by atoms with E-state index in [1.54, 1.807) is 30.1 Å². The van der Waals surface area contributed by atoms with Gasteiger partial charge in [0.25, 0.3) is 0 Å². The van der Waals surface area contributed by atoms with Gasteiger partial charge >= 0.3 is 0 Å².